The first kappa shape index (κ1) is 17.3. The van der Waals surface area contributed by atoms with Gasteiger partial charge in [-0.25, -0.2) is 0 Å². The van der Waals surface area contributed by atoms with Crippen LogP contribution < -0.4 is 10.2 Å². The molecule has 4 rings (SSSR count). The lowest BCUT2D eigenvalue weighted by molar-refractivity contribution is -0.117. The maximum Gasteiger partial charge on any atom is 0.265 e. The zero-order valence-electron chi connectivity index (χ0n) is 15.1. The number of hydrogen-bond donors (Lipinski definition) is 1. The summed E-state index contributed by atoms with van der Waals surface area (Å²) in [5.74, 6) is 0.150. The highest BCUT2D eigenvalue weighted by molar-refractivity contribution is 7.14. The topological polar surface area (TPSA) is 49.4 Å². The van der Waals surface area contributed by atoms with E-state index in [1.54, 1.807) is 11.3 Å². The van der Waals surface area contributed by atoms with Crippen molar-refractivity contribution in [3.05, 3.63) is 45.1 Å². The lowest BCUT2D eigenvalue weighted by Gasteiger charge is -2.19. The van der Waals surface area contributed by atoms with Crippen molar-refractivity contribution < 1.29 is 9.59 Å². The lowest BCUT2D eigenvalue weighted by Crippen LogP contribution is -2.24. The molecular weight excluding hydrogens is 344 g/mol. The first-order chi connectivity index (χ1) is 12.6. The van der Waals surface area contributed by atoms with Crippen molar-refractivity contribution in [2.75, 3.05) is 16.8 Å². The predicted octanol–water partition coefficient (Wildman–Crippen LogP) is 4.70. The van der Waals surface area contributed by atoms with Crippen molar-refractivity contribution in [2.24, 2.45) is 0 Å². The second-order valence-electron chi connectivity index (χ2n) is 7.22. The molecule has 1 N–H and O–H groups in total. The van der Waals surface area contributed by atoms with Crippen LogP contribution in [0.4, 0.5) is 11.4 Å². The van der Waals surface area contributed by atoms with E-state index >= 15 is 0 Å². The molecule has 26 heavy (non-hydrogen) atoms. The van der Waals surface area contributed by atoms with Gasteiger partial charge in [-0.1, -0.05) is 6.42 Å². The van der Waals surface area contributed by atoms with Crippen LogP contribution >= 0.6 is 11.3 Å². The third-order valence-corrected chi connectivity index (χ3v) is 6.53. The van der Waals surface area contributed by atoms with Gasteiger partial charge in [0.05, 0.1) is 4.88 Å². The third-order valence-electron chi connectivity index (χ3n) is 5.29. The number of benzene rings is 1. The maximum atomic E-state index is 12.7. The summed E-state index contributed by atoms with van der Waals surface area (Å²) in [6, 6.07) is 7.87. The third kappa shape index (κ3) is 3.40. The first-order valence-corrected chi connectivity index (χ1v) is 10.3. The van der Waals surface area contributed by atoms with Gasteiger partial charge in [0.1, 0.15) is 0 Å². The van der Waals surface area contributed by atoms with Crippen molar-refractivity contribution in [1.29, 1.82) is 0 Å². The highest BCUT2D eigenvalue weighted by Gasteiger charge is 2.23. The van der Waals surface area contributed by atoms with Gasteiger partial charge in [0.2, 0.25) is 5.91 Å². The van der Waals surface area contributed by atoms with Crippen LogP contribution in [0.2, 0.25) is 0 Å². The Hall–Kier alpha value is -2.14. The van der Waals surface area contributed by atoms with Crippen LogP contribution in [0.25, 0.3) is 0 Å². The normalized spacial score (nSPS) is 17.1. The van der Waals surface area contributed by atoms with E-state index in [2.05, 4.69) is 11.4 Å². The van der Waals surface area contributed by atoms with Crippen molar-refractivity contribution in [3.8, 4) is 0 Å². The molecule has 0 spiro atoms. The second-order valence-corrected chi connectivity index (χ2v) is 8.36. The molecule has 0 saturated carbocycles. The Morgan fingerprint density at radius 3 is 2.69 bits per heavy atom. The number of carbonyl (C=O) groups excluding carboxylic acids is 2. The van der Waals surface area contributed by atoms with Crippen LogP contribution in [0.5, 0.6) is 0 Å². The fourth-order valence-electron chi connectivity index (χ4n) is 3.91. The Kier molecular flexibility index (Phi) is 4.81. The summed E-state index contributed by atoms with van der Waals surface area (Å²) >= 11 is 1.64. The maximum absolute atomic E-state index is 12.7. The number of hydrogen-bond acceptors (Lipinski definition) is 3. The minimum absolute atomic E-state index is 0.0347. The minimum atomic E-state index is -0.0347. The van der Waals surface area contributed by atoms with Crippen LogP contribution in [0.1, 0.15) is 57.8 Å². The number of carbonyl (C=O) groups is 2. The molecule has 1 saturated heterocycles. The lowest BCUT2D eigenvalue weighted by atomic mass is 10.1. The monoisotopic (exact) mass is 368 g/mol. The van der Waals surface area contributed by atoms with Gasteiger partial charge in [0.25, 0.3) is 5.91 Å². The van der Waals surface area contributed by atoms with E-state index in [-0.39, 0.29) is 11.8 Å². The molecule has 2 aromatic rings. The molecule has 1 aromatic carbocycles. The molecule has 136 valence electrons. The summed E-state index contributed by atoms with van der Waals surface area (Å²) in [4.78, 5) is 28.6. The number of rotatable bonds is 3. The van der Waals surface area contributed by atoms with Crippen molar-refractivity contribution >= 4 is 34.5 Å². The molecule has 1 aliphatic heterocycles. The number of nitrogens with zero attached hydrogens (tertiary/aromatic N) is 1. The van der Waals surface area contributed by atoms with Crippen LogP contribution in [-0.2, 0) is 17.6 Å². The number of anilines is 2. The Morgan fingerprint density at radius 1 is 1.08 bits per heavy atom. The molecule has 2 amide bonds. The van der Waals surface area contributed by atoms with E-state index < -0.39 is 0 Å². The highest BCUT2D eigenvalue weighted by Crippen LogP contribution is 2.31. The van der Waals surface area contributed by atoms with Gasteiger partial charge in [-0.15, -0.1) is 11.3 Å². The molecule has 0 unspecified atom stereocenters. The van der Waals surface area contributed by atoms with Gasteiger partial charge in [0, 0.05) is 29.2 Å². The number of thiophene rings is 1. The fraction of sp³-hybridized carbons (Fsp3) is 0.429. The van der Waals surface area contributed by atoms with Gasteiger partial charge in [-0.2, -0.15) is 0 Å². The van der Waals surface area contributed by atoms with Crippen LogP contribution in [-0.4, -0.2) is 18.4 Å². The standard InChI is InChI=1S/C21H24N2O2S/c1-14-12-16(9-10-17(14)23-11-5-8-20(23)24)22-21(25)19-13-15-6-3-2-4-7-18(15)26-19/h9-10,12-13H,2-8,11H2,1H3,(H,22,25). The van der Waals surface area contributed by atoms with Crippen LogP contribution in [0.15, 0.2) is 24.3 Å². The average molecular weight is 369 g/mol. The van der Waals surface area contributed by atoms with E-state index in [9.17, 15) is 9.59 Å². The number of amides is 2. The highest BCUT2D eigenvalue weighted by atomic mass is 32.1. The first-order valence-electron chi connectivity index (χ1n) is 9.46. The zero-order chi connectivity index (χ0) is 18.1. The molecule has 1 aromatic heterocycles. The summed E-state index contributed by atoms with van der Waals surface area (Å²) in [7, 11) is 0. The Bertz CT molecular complexity index is 832. The molecule has 0 bridgehead atoms. The summed E-state index contributed by atoms with van der Waals surface area (Å²) in [5.41, 5.74) is 4.11. The second kappa shape index (κ2) is 7.23. The summed E-state index contributed by atoms with van der Waals surface area (Å²) in [6.07, 6.45) is 7.47. The van der Waals surface area contributed by atoms with E-state index in [4.69, 9.17) is 0 Å². The Balaban J connectivity index is 1.49. The van der Waals surface area contributed by atoms with E-state index in [1.165, 1.54) is 29.7 Å². The Labute approximate surface area is 158 Å². The number of fused-ring (bicyclic) bond motifs is 1. The largest absolute Gasteiger partial charge is 0.321 e. The van der Waals surface area contributed by atoms with E-state index in [1.807, 2.05) is 30.0 Å². The van der Waals surface area contributed by atoms with Gasteiger partial charge in [-0.3, -0.25) is 9.59 Å². The van der Waals surface area contributed by atoms with Gasteiger partial charge in [-0.05, 0) is 74.4 Å². The van der Waals surface area contributed by atoms with Gasteiger partial charge in [0.15, 0.2) is 0 Å². The summed E-state index contributed by atoms with van der Waals surface area (Å²) in [5, 5.41) is 3.02. The minimum Gasteiger partial charge on any atom is -0.321 e. The molecule has 2 aliphatic rings. The molecule has 0 radical (unpaired) electrons. The molecule has 5 heteroatoms. The fourth-order valence-corrected chi connectivity index (χ4v) is 5.06. The molecule has 1 fully saturated rings. The van der Waals surface area contributed by atoms with Gasteiger partial charge < -0.3 is 10.2 Å². The van der Waals surface area contributed by atoms with Crippen LogP contribution in [0.3, 0.4) is 0 Å². The predicted molar refractivity (Wildman–Crippen MR) is 106 cm³/mol. The van der Waals surface area contributed by atoms with E-state index in [0.29, 0.717) is 6.42 Å². The molecular formula is C21H24N2O2S. The van der Waals surface area contributed by atoms with Crippen molar-refractivity contribution in [1.82, 2.24) is 0 Å². The zero-order valence-corrected chi connectivity index (χ0v) is 16.0. The quantitative estimate of drug-likeness (QED) is 0.798. The molecule has 2 heterocycles. The smallest absolute Gasteiger partial charge is 0.265 e. The SMILES string of the molecule is Cc1cc(NC(=O)c2cc3c(s2)CCCCC3)ccc1N1CCCC1=O. The number of nitrogens with one attached hydrogen (secondary N) is 1. The molecule has 4 nitrogen and oxygen atoms in total. The summed E-state index contributed by atoms with van der Waals surface area (Å²) < 4.78 is 0. The van der Waals surface area contributed by atoms with Crippen molar-refractivity contribution in [2.45, 2.75) is 51.9 Å². The number of aryl methyl sites for hydroxylation is 3. The van der Waals surface area contributed by atoms with E-state index in [0.717, 1.165) is 47.6 Å². The summed E-state index contributed by atoms with van der Waals surface area (Å²) in [6.45, 7) is 2.77. The van der Waals surface area contributed by atoms with Gasteiger partial charge >= 0.3 is 0 Å². The average Bonchev–Trinajstić information content (AvgIpc) is 3.16. The molecule has 0 atom stereocenters. The van der Waals surface area contributed by atoms with Crippen LogP contribution in [0, 0.1) is 6.92 Å². The Morgan fingerprint density at radius 2 is 1.92 bits per heavy atom. The van der Waals surface area contributed by atoms with Crippen molar-refractivity contribution in [3.63, 3.8) is 0 Å². The molecule has 1 aliphatic carbocycles.